The molecular formula is C27H36N4O4. The Morgan fingerprint density at radius 3 is 2.49 bits per heavy atom. The van der Waals surface area contributed by atoms with Crippen molar-refractivity contribution in [3.8, 4) is 11.5 Å². The maximum absolute atomic E-state index is 12.8. The van der Waals surface area contributed by atoms with E-state index in [1.165, 1.54) is 30.3 Å². The average molecular weight is 481 g/mol. The van der Waals surface area contributed by atoms with Gasteiger partial charge in [-0.05, 0) is 68.1 Å². The van der Waals surface area contributed by atoms with E-state index in [1.54, 1.807) is 25.3 Å². The van der Waals surface area contributed by atoms with Crippen molar-refractivity contribution in [3.63, 3.8) is 0 Å². The quantitative estimate of drug-likeness (QED) is 0.592. The molecule has 0 radical (unpaired) electrons. The monoisotopic (exact) mass is 480 g/mol. The molecule has 1 atom stereocenters. The van der Waals surface area contributed by atoms with Crippen LogP contribution < -0.4 is 25.0 Å². The Morgan fingerprint density at radius 1 is 0.943 bits per heavy atom. The Morgan fingerprint density at radius 2 is 1.74 bits per heavy atom. The molecular weight excluding hydrogens is 444 g/mol. The summed E-state index contributed by atoms with van der Waals surface area (Å²) in [6.07, 6.45) is 5.74. The van der Waals surface area contributed by atoms with Gasteiger partial charge in [-0.2, -0.15) is 0 Å². The number of amides is 2. The first kappa shape index (κ1) is 24.9. The molecule has 0 unspecified atom stereocenters. The van der Waals surface area contributed by atoms with Gasteiger partial charge in [0.15, 0.2) is 0 Å². The van der Waals surface area contributed by atoms with Crippen LogP contribution in [0, 0.1) is 0 Å². The van der Waals surface area contributed by atoms with Crippen LogP contribution in [0.15, 0.2) is 36.4 Å². The van der Waals surface area contributed by atoms with Crippen LogP contribution in [0.25, 0.3) is 0 Å². The van der Waals surface area contributed by atoms with Gasteiger partial charge < -0.3 is 25.0 Å². The first-order chi connectivity index (χ1) is 17.0. The number of methoxy groups -OCH3 is 2. The Kier molecular flexibility index (Phi) is 8.13. The van der Waals surface area contributed by atoms with Gasteiger partial charge in [-0.3, -0.25) is 14.5 Å². The Balaban J connectivity index is 1.46. The number of nitrogens with zero attached hydrogens (tertiary/aromatic N) is 2. The van der Waals surface area contributed by atoms with Crippen LogP contribution in [-0.2, 0) is 16.0 Å². The van der Waals surface area contributed by atoms with E-state index in [0.717, 1.165) is 45.3 Å². The zero-order valence-corrected chi connectivity index (χ0v) is 20.9. The number of fused-ring (bicyclic) bond motifs is 1. The fourth-order valence-corrected chi connectivity index (χ4v) is 5.05. The predicted octanol–water partition coefficient (Wildman–Crippen LogP) is 3.37. The second-order valence-electron chi connectivity index (χ2n) is 9.26. The topological polar surface area (TPSA) is 83.1 Å². The van der Waals surface area contributed by atoms with Crippen LogP contribution in [0.1, 0.15) is 42.9 Å². The summed E-state index contributed by atoms with van der Waals surface area (Å²) in [6.45, 7) is 3.44. The normalized spacial score (nSPS) is 16.7. The van der Waals surface area contributed by atoms with Crippen molar-refractivity contribution < 1.29 is 19.1 Å². The van der Waals surface area contributed by atoms with E-state index in [-0.39, 0.29) is 6.04 Å². The smallest absolute Gasteiger partial charge is 0.313 e. The third kappa shape index (κ3) is 5.88. The van der Waals surface area contributed by atoms with Crippen molar-refractivity contribution in [2.24, 2.45) is 0 Å². The van der Waals surface area contributed by atoms with Crippen molar-refractivity contribution >= 4 is 23.2 Å². The highest BCUT2D eigenvalue weighted by atomic mass is 16.5. The van der Waals surface area contributed by atoms with Crippen LogP contribution in [-0.4, -0.2) is 64.2 Å². The van der Waals surface area contributed by atoms with E-state index in [1.807, 2.05) is 0 Å². The standard InChI is InChI=1S/C27H36N4O4/c1-30-13-7-8-19-16-20(9-12-23(19)30)24(31-14-5-4-6-15-31)18-28-26(32)27(33)29-22-11-10-21(34-2)17-25(22)35-3/h9-12,16-17,24H,4-8,13-15,18H2,1-3H3,(H,28,32)(H,29,33)/t24-/m1/s1. The fourth-order valence-electron chi connectivity index (χ4n) is 5.05. The van der Waals surface area contributed by atoms with Gasteiger partial charge in [-0.1, -0.05) is 18.6 Å². The molecule has 0 aliphatic carbocycles. The summed E-state index contributed by atoms with van der Waals surface area (Å²) in [7, 11) is 5.19. The van der Waals surface area contributed by atoms with E-state index in [0.29, 0.717) is 23.7 Å². The van der Waals surface area contributed by atoms with Crippen molar-refractivity contribution in [2.75, 3.05) is 57.7 Å². The summed E-state index contributed by atoms with van der Waals surface area (Å²) >= 11 is 0. The van der Waals surface area contributed by atoms with Crippen LogP contribution >= 0.6 is 0 Å². The lowest BCUT2D eigenvalue weighted by molar-refractivity contribution is -0.136. The summed E-state index contributed by atoms with van der Waals surface area (Å²) < 4.78 is 10.5. The first-order valence-electron chi connectivity index (χ1n) is 12.4. The minimum atomic E-state index is -0.724. The first-order valence-corrected chi connectivity index (χ1v) is 12.4. The largest absolute Gasteiger partial charge is 0.497 e. The van der Waals surface area contributed by atoms with Gasteiger partial charge in [-0.25, -0.2) is 0 Å². The molecule has 0 aromatic heterocycles. The molecule has 2 aromatic rings. The van der Waals surface area contributed by atoms with E-state index in [2.05, 4.69) is 45.7 Å². The van der Waals surface area contributed by atoms with E-state index >= 15 is 0 Å². The molecule has 0 saturated carbocycles. The molecule has 1 fully saturated rings. The summed E-state index contributed by atoms with van der Waals surface area (Å²) in [5.74, 6) is -0.360. The van der Waals surface area contributed by atoms with Gasteiger partial charge in [-0.15, -0.1) is 0 Å². The Hall–Kier alpha value is -3.26. The summed E-state index contributed by atoms with van der Waals surface area (Å²) in [4.78, 5) is 30.1. The number of hydrogen-bond acceptors (Lipinski definition) is 6. The molecule has 1 saturated heterocycles. The molecule has 2 aliphatic heterocycles. The number of anilines is 2. The van der Waals surface area contributed by atoms with E-state index < -0.39 is 11.8 Å². The lowest BCUT2D eigenvalue weighted by atomic mass is 9.95. The second-order valence-corrected chi connectivity index (χ2v) is 9.26. The minimum Gasteiger partial charge on any atom is -0.497 e. The van der Waals surface area contributed by atoms with Crippen molar-refractivity contribution in [1.29, 1.82) is 0 Å². The molecule has 2 amide bonds. The number of nitrogens with one attached hydrogen (secondary N) is 2. The number of piperidine rings is 1. The van der Waals surface area contributed by atoms with Crippen molar-refractivity contribution in [3.05, 3.63) is 47.5 Å². The maximum Gasteiger partial charge on any atom is 0.313 e. The maximum atomic E-state index is 12.8. The van der Waals surface area contributed by atoms with Gasteiger partial charge in [0.05, 0.1) is 25.9 Å². The Bertz CT molecular complexity index is 1050. The summed E-state index contributed by atoms with van der Waals surface area (Å²) in [6, 6.07) is 11.7. The molecule has 0 spiro atoms. The second kappa shape index (κ2) is 11.4. The highest BCUT2D eigenvalue weighted by Crippen LogP contribution is 2.32. The zero-order chi connectivity index (χ0) is 24.8. The molecule has 35 heavy (non-hydrogen) atoms. The summed E-state index contributed by atoms with van der Waals surface area (Å²) in [5.41, 5.74) is 4.25. The fraction of sp³-hybridized carbons (Fsp3) is 0.481. The van der Waals surface area contributed by atoms with Crippen molar-refractivity contribution in [2.45, 2.75) is 38.1 Å². The third-order valence-corrected chi connectivity index (χ3v) is 6.99. The predicted molar refractivity (Wildman–Crippen MR) is 137 cm³/mol. The summed E-state index contributed by atoms with van der Waals surface area (Å²) in [5, 5.41) is 5.53. The highest BCUT2D eigenvalue weighted by Gasteiger charge is 2.26. The number of aryl methyl sites for hydroxylation is 1. The number of carbonyl (C=O) groups is 2. The van der Waals surface area contributed by atoms with E-state index in [9.17, 15) is 9.59 Å². The molecule has 2 heterocycles. The van der Waals surface area contributed by atoms with Crippen LogP contribution in [0.4, 0.5) is 11.4 Å². The molecule has 2 N–H and O–H groups in total. The number of rotatable bonds is 7. The number of benzene rings is 2. The molecule has 8 nitrogen and oxygen atoms in total. The molecule has 8 heteroatoms. The lowest BCUT2D eigenvalue weighted by Crippen LogP contribution is -2.43. The third-order valence-electron chi connectivity index (χ3n) is 6.99. The molecule has 2 aromatic carbocycles. The molecule has 2 aliphatic rings. The Labute approximate surface area is 207 Å². The van der Waals surface area contributed by atoms with Crippen LogP contribution in [0.5, 0.6) is 11.5 Å². The molecule has 4 rings (SSSR count). The van der Waals surface area contributed by atoms with Crippen molar-refractivity contribution in [1.82, 2.24) is 10.2 Å². The van der Waals surface area contributed by atoms with E-state index in [4.69, 9.17) is 9.47 Å². The van der Waals surface area contributed by atoms with Gasteiger partial charge in [0.25, 0.3) is 0 Å². The molecule has 188 valence electrons. The minimum absolute atomic E-state index is 0.0279. The number of carbonyl (C=O) groups excluding carboxylic acids is 2. The molecule has 0 bridgehead atoms. The highest BCUT2D eigenvalue weighted by molar-refractivity contribution is 6.39. The number of hydrogen-bond donors (Lipinski definition) is 2. The van der Waals surface area contributed by atoms with Gasteiger partial charge in [0, 0.05) is 31.9 Å². The SMILES string of the molecule is COc1ccc(NC(=O)C(=O)NC[C@H](c2ccc3c(c2)CCCN3C)N2CCCCC2)c(OC)c1. The zero-order valence-electron chi connectivity index (χ0n) is 20.9. The van der Waals surface area contributed by atoms with Crippen LogP contribution in [0.2, 0.25) is 0 Å². The lowest BCUT2D eigenvalue weighted by Gasteiger charge is -2.36. The van der Waals surface area contributed by atoms with Gasteiger partial charge in [0.2, 0.25) is 0 Å². The van der Waals surface area contributed by atoms with Gasteiger partial charge in [0.1, 0.15) is 11.5 Å². The average Bonchev–Trinajstić information content (AvgIpc) is 2.89. The van der Waals surface area contributed by atoms with Crippen LogP contribution in [0.3, 0.4) is 0 Å². The number of likely N-dealkylation sites (tertiary alicyclic amines) is 1. The van der Waals surface area contributed by atoms with Gasteiger partial charge >= 0.3 is 11.8 Å². The number of ether oxygens (including phenoxy) is 2.